The largest absolute Gasteiger partial charge is 0.469 e. The Morgan fingerprint density at radius 1 is 1.53 bits per heavy atom. The van der Waals surface area contributed by atoms with Gasteiger partial charge in [-0.1, -0.05) is 0 Å². The lowest BCUT2D eigenvalue weighted by molar-refractivity contribution is -0.140. The Kier molecular flexibility index (Phi) is 5.68. The molecule has 0 aromatic carbocycles. The van der Waals surface area contributed by atoms with Gasteiger partial charge in [0.05, 0.1) is 18.0 Å². The first kappa shape index (κ1) is 13.7. The third-order valence-electron chi connectivity index (χ3n) is 1.93. The maximum absolute atomic E-state index is 10.9. The number of nitrogens with zero attached hydrogens (tertiary/aromatic N) is 2. The van der Waals surface area contributed by atoms with Gasteiger partial charge in [0.2, 0.25) is 5.95 Å². The van der Waals surface area contributed by atoms with Gasteiger partial charge in [-0.15, -0.1) is 0 Å². The van der Waals surface area contributed by atoms with Crippen LogP contribution >= 0.6 is 15.9 Å². The first-order chi connectivity index (χ1) is 8.17. The van der Waals surface area contributed by atoms with Gasteiger partial charge in [-0.05, 0) is 22.9 Å². The van der Waals surface area contributed by atoms with Crippen LogP contribution in [0, 0.1) is 0 Å². The predicted octanol–water partition coefficient (Wildman–Crippen LogP) is 1.65. The summed E-state index contributed by atoms with van der Waals surface area (Å²) in [5.74, 6) is 0.950. The molecule has 0 aliphatic rings. The van der Waals surface area contributed by atoms with Crippen LogP contribution in [0.4, 0.5) is 11.8 Å². The highest BCUT2D eigenvalue weighted by Crippen LogP contribution is 2.19. The number of halogens is 1. The molecular formula is C10H15BrN4O2. The van der Waals surface area contributed by atoms with Crippen LogP contribution < -0.4 is 10.6 Å². The zero-order valence-electron chi connectivity index (χ0n) is 9.79. The topological polar surface area (TPSA) is 76.1 Å². The number of aromatic nitrogens is 2. The fraction of sp³-hybridized carbons (Fsp3) is 0.500. The standard InChI is InChI=1S/C10H15BrN4O2/c1-3-12-10-14-6-7(11)9(15-10)13-5-4-8(16)17-2/h6H,3-5H2,1-2H3,(H2,12,13,14,15). The van der Waals surface area contributed by atoms with Crippen LogP contribution in [0.25, 0.3) is 0 Å². The average molecular weight is 303 g/mol. The van der Waals surface area contributed by atoms with Gasteiger partial charge >= 0.3 is 5.97 Å². The van der Waals surface area contributed by atoms with E-state index < -0.39 is 0 Å². The lowest BCUT2D eigenvalue weighted by Crippen LogP contribution is -2.12. The van der Waals surface area contributed by atoms with Crippen LogP contribution in [0.15, 0.2) is 10.7 Å². The first-order valence-electron chi connectivity index (χ1n) is 5.24. The molecule has 0 spiro atoms. The van der Waals surface area contributed by atoms with E-state index in [9.17, 15) is 4.79 Å². The molecule has 1 heterocycles. The molecule has 1 aromatic heterocycles. The number of anilines is 2. The highest BCUT2D eigenvalue weighted by Gasteiger charge is 2.05. The lowest BCUT2D eigenvalue weighted by atomic mass is 10.4. The molecule has 0 saturated heterocycles. The number of hydrogen-bond acceptors (Lipinski definition) is 6. The van der Waals surface area contributed by atoms with Crippen molar-refractivity contribution in [3.63, 3.8) is 0 Å². The molecule has 1 aromatic rings. The molecule has 0 atom stereocenters. The Bertz CT molecular complexity index is 387. The molecule has 0 amide bonds. The molecule has 0 radical (unpaired) electrons. The van der Waals surface area contributed by atoms with Gasteiger partial charge in [-0.25, -0.2) is 4.98 Å². The molecule has 1 rings (SSSR count). The third-order valence-corrected chi connectivity index (χ3v) is 2.51. The van der Waals surface area contributed by atoms with Crippen LogP contribution in [-0.4, -0.2) is 36.1 Å². The average Bonchev–Trinajstić information content (AvgIpc) is 2.33. The van der Waals surface area contributed by atoms with Crippen molar-refractivity contribution in [1.29, 1.82) is 0 Å². The van der Waals surface area contributed by atoms with Crippen LogP contribution in [0.1, 0.15) is 13.3 Å². The van der Waals surface area contributed by atoms with Gasteiger partial charge in [0.1, 0.15) is 5.82 Å². The fourth-order valence-electron chi connectivity index (χ4n) is 1.12. The van der Waals surface area contributed by atoms with Crippen LogP contribution in [0.2, 0.25) is 0 Å². The normalized spacial score (nSPS) is 9.82. The molecule has 94 valence electrons. The van der Waals surface area contributed by atoms with Gasteiger partial charge in [-0.2, -0.15) is 4.98 Å². The Labute approximate surface area is 108 Å². The van der Waals surface area contributed by atoms with Crippen LogP contribution in [0.5, 0.6) is 0 Å². The van der Waals surface area contributed by atoms with E-state index in [-0.39, 0.29) is 5.97 Å². The van der Waals surface area contributed by atoms with E-state index in [1.165, 1.54) is 7.11 Å². The highest BCUT2D eigenvalue weighted by atomic mass is 79.9. The number of esters is 1. The Hall–Kier alpha value is -1.37. The van der Waals surface area contributed by atoms with Gasteiger partial charge in [0.15, 0.2) is 0 Å². The molecule has 2 N–H and O–H groups in total. The van der Waals surface area contributed by atoms with Gasteiger partial charge in [-0.3, -0.25) is 4.79 Å². The Morgan fingerprint density at radius 2 is 2.29 bits per heavy atom. The number of carbonyl (C=O) groups is 1. The monoisotopic (exact) mass is 302 g/mol. The van der Waals surface area contributed by atoms with E-state index in [0.29, 0.717) is 24.7 Å². The summed E-state index contributed by atoms with van der Waals surface area (Å²) in [6, 6.07) is 0. The number of ether oxygens (including phenoxy) is 1. The summed E-state index contributed by atoms with van der Waals surface area (Å²) < 4.78 is 5.30. The number of rotatable bonds is 6. The summed E-state index contributed by atoms with van der Waals surface area (Å²) in [7, 11) is 1.37. The van der Waals surface area contributed by atoms with Crippen molar-refractivity contribution < 1.29 is 9.53 Å². The second-order valence-corrected chi connectivity index (χ2v) is 4.03. The lowest BCUT2D eigenvalue weighted by Gasteiger charge is -2.08. The SMILES string of the molecule is CCNc1ncc(Br)c(NCCC(=O)OC)n1. The van der Waals surface area contributed by atoms with E-state index in [0.717, 1.165) is 11.0 Å². The summed E-state index contributed by atoms with van der Waals surface area (Å²) in [6.07, 6.45) is 1.95. The zero-order chi connectivity index (χ0) is 12.7. The zero-order valence-corrected chi connectivity index (χ0v) is 11.4. The molecule has 0 aliphatic carbocycles. The molecule has 6 nitrogen and oxygen atoms in total. The second kappa shape index (κ2) is 7.05. The van der Waals surface area contributed by atoms with Crippen molar-refractivity contribution >= 4 is 33.7 Å². The summed E-state index contributed by atoms with van der Waals surface area (Å²) in [4.78, 5) is 19.3. The minimum atomic E-state index is -0.255. The summed E-state index contributed by atoms with van der Waals surface area (Å²) in [5.41, 5.74) is 0. The first-order valence-corrected chi connectivity index (χ1v) is 6.03. The maximum Gasteiger partial charge on any atom is 0.307 e. The third kappa shape index (κ3) is 4.56. The summed E-state index contributed by atoms with van der Waals surface area (Å²) in [5, 5.41) is 6.05. The van der Waals surface area contributed by atoms with Crippen molar-refractivity contribution in [1.82, 2.24) is 9.97 Å². The van der Waals surface area contributed by atoms with Gasteiger partial charge in [0, 0.05) is 19.3 Å². The van der Waals surface area contributed by atoms with Crippen molar-refractivity contribution in [2.45, 2.75) is 13.3 Å². The van der Waals surface area contributed by atoms with E-state index in [1.807, 2.05) is 6.92 Å². The predicted molar refractivity (Wildman–Crippen MR) is 69.0 cm³/mol. The molecular weight excluding hydrogens is 288 g/mol. The maximum atomic E-state index is 10.9. The van der Waals surface area contributed by atoms with E-state index in [2.05, 4.69) is 41.3 Å². The molecule has 0 bridgehead atoms. The molecule has 0 aliphatic heterocycles. The minimum absolute atomic E-state index is 0.255. The molecule has 0 unspecified atom stereocenters. The van der Waals surface area contributed by atoms with Crippen molar-refractivity contribution in [3.05, 3.63) is 10.7 Å². The van der Waals surface area contributed by atoms with Crippen molar-refractivity contribution in [3.8, 4) is 0 Å². The molecule has 17 heavy (non-hydrogen) atoms. The van der Waals surface area contributed by atoms with E-state index in [4.69, 9.17) is 0 Å². The Morgan fingerprint density at radius 3 is 2.94 bits per heavy atom. The van der Waals surface area contributed by atoms with Crippen molar-refractivity contribution in [2.75, 3.05) is 30.8 Å². The van der Waals surface area contributed by atoms with Crippen LogP contribution in [0.3, 0.4) is 0 Å². The Balaban J connectivity index is 2.56. The summed E-state index contributed by atoms with van der Waals surface area (Å²) in [6.45, 7) is 3.19. The fourth-order valence-corrected chi connectivity index (χ4v) is 1.45. The van der Waals surface area contributed by atoms with E-state index in [1.54, 1.807) is 6.20 Å². The molecule has 7 heteroatoms. The molecule has 0 fully saturated rings. The quantitative estimate of drug-likeness (QED) is 0.778. The smallest absolute Gasteiger partial charge is 0.307 e. The van der Waals surface area contributed by atoms with E-state index >= 15 is 0 Å². The van der Waals surface area contributed by atoms with Crippen molar-refractivity contribution in [2.24, 2.45) is 0 Å². The molecule has 0 saturated carbocycles. The number of nitrogens with one attached hydrogen (secondary N) is 2. The second-order valence-electron chi connectivity index (χ2n) is 3.17. The minimum Gasteiger partial charge on any atom is -0.469 e. The van der Waals surface area contributed by atoms with Crippen LogP contribution in [-0.2, 0) is 9.53 Å². The van der Waals surface area contributed by atoms with Gasteiger partial charge < -0.3 is 15.4 Å². The summed E-state index contributed by atoms with van der Waals surface area (Å²) >= 11 is 3.33. The van der Waals surface area contributed by atoms with Gasteiger partial charge in [0.25, 0.3) is 0 Å². The number of hydrogen-bond donors (Lipinski definition) is 2. The highest BCUT2D eigenvalue weighted by molar-refractivity contribution is 9.10. The number of carbonyl (C=O) groups excluding carboxylic acids is 1. The number of methoxy groups -OCH3 is 1.